The van der Waals surface area contributed by atoms with Crippen LogP contribution >= 0.6 is 22.7 Å². The van der Waals surface area contributed by atoms with Gasteiger partial charge in [0.1, 0.15) is 4.83 Å². The smallest absolute Gasteiger partial charge is 0.125 e. The number of hydrogen-bond acceptors (Lipinski definition) is 3. The molecule has 0 spiro atoms. The van der Waals surface area contributed by atoms with Crippen molar-refractivity contribution in [1.29, 1.82) is 0 Å². The fourth-order valence-electron chi connectivity index (χ4n) is 4.51. The van der Waals surface area contributed by atoms with Crippen LogP contribution in [0.2, 0.25) is 0 Å². The quantitative estimate of drug-likeness (QED) is 0.334. The topological polar surface area (TPSA) is 12.9 Å². The first kappa shape index (κ1) is 14.2. The summed E-state index contributed by atoms with van der Waals surface area (Å²) in [6, 6.07) is 13.3. The van der Waals surface area contributed by atoms with Gasteiger partial charge in [-0.05, 0) is 53.8 Å². The highest BCUT2D eigenvalue weighted by Gasteiger charge is 2.29. The Morgan fingerprint density at radius 1 is 0.920 bits per heavy atom. The molecule has 0 saturated carbocycles. The summed E-state index contributed by atoms with van der Waals surface area (Å²) in [5, 5.41) is 3.67. The van der Waals surface area contributed by atoms with Gasteiger partial charge in [-0.25, -0.2) is 4.98 Å². The normalized spacial score (nSPS) is 15.2. The Kier molecular flexibility index (Phi) is 2.99. The summed E-state index contributed by atoms with van der Waals surface area (Å²) < 4.78 is 0. The van der Waals surface area contributed by atoms with E-state index in [9.17, 15) is 0 Å². The molecule has 122 valence electrons. The summed E-state index contributed by atoms with van der Waals surface area (Å²) in [7, 11) is 0. The molecule has 2 aliphatic rings. The fourth-order valence-corrected chi connectivity index (χ4v) is 6.59. The summed E-state index contributed by atoms with van der Waals surface area (Å²) >= 11 is 3.81. The lowest BCUT2D eigenvalue weighted by Gasteiger charge is -2.14. The molecular formula is C22H17NS2. The standard InChI is InChI=1S/C22H17NS2/c1-2-7-14-13(6-1)12-16-19(18-10-5-11-24-18)20-15-8-3-4-9-17(15)25-22(20)23-21(14)16/h1-2,5-7,10-11H,3-4,8-9,12H2. The molecular weight excluding hydrogens is 342 g/mol. The van der Waals surface area contributed by atoms with Gasteiger partial charge in [-0.15, -0.1) is 22.7 Å². The molecule has 0 amide bonds. The van der Waals surface area contributed by atoms with E-state index in [-0.39, 0.29) is 0 Å². The van der Waals surface area contributed by atoms with Crippen molar-refractivity contribution in [2.75, 3.05) is 0 Å². The maximum atomic E-state index is 5.20. The number of thiophene rings is 2. The van der Waals surface area contributed by atoms with Crippen LogP contribution in [-0.2, 0) is 19.3 Å². The molecule has 0 aliphatic heterocycles. The number of hydrogen-bond donors (Lipinski definition) is 0. The molecule has 0 N–H and O–H groups in total. The number of benzene rings is 1. The van der Waals surface area contributed by atoms with Gasteiger partial charge in [0.15, 0.2) is 0 Å². The average molecular weight is 360 g/mol. The lowest BCUT2D eigenvalue weighted by Crippen LogP contribution is -1.99. The van der Waals surface area contributed by atoms with Gasteiger partial charge >= 0.3 is 0 Å². The number of pyridine rings is 1. The number of aromatic nitrogens is 1. The largest absolute Gasteiger partial charge is 0.237 e. The molecule has 4 aromatic rings. The van der Waals surface area contributed by atoms with Crippen LogP contribution in [0, 0.1) is 0 Å². The molecule has 3 aromatic heterocycles. The highest BCUT2D eigenvalue weighted by molar-refractivity contribution is 7.19. The van der Waals surface area contributed by atoms with E-state index in [0.29, 0.717) is 0 Å². The van der Waals surface area contributed by atoms with Crippen LogP contribution in [0.3, 0.4) is 0 Å². The molecule has 0 bridgehead atoms. The number of rotatable bonds is 1. The second-order valence-corrected chi connectivity index (χ2v) is 9.05. The Bertz CT molecular complexity index is 1120. The monoisotopic (exact) mass is 359 g/mol. The van der Waals surface area contributed by atoms with E-state index in [4.69, 9.17) is 4.98 Å². The van der Waals surface area contributed by atoms with Crippen molar-refractivity contribution in [2.24, 2.45) is 0 Å². The predicted molar refractivity (Wildman–Crippen MR) is 108 cm³/mol. The van der Waals surface area contributed by atoms with Crippen molar-refractivity contribution in [3.63, 3.8) is 0 Å². The second kappa shape index (κ2) is 5.26. The summed E-state index contributed by atoms with van der Waals surface area (Å²) in [4.78, 5) is 9.44. The lowest BCUT2D eigenvalue weighted by atomic mass is 9.92. The van der Waals surface area contributed by atoms with Crippen LogP contribution < -0.4 is 0 Å². The number of nitrogens with zero attached hydrogens (tertiary/aromatic N) is 1. The van der Waals surface area contributed by atoms with Gasteiger partial charge < -0.3 is 0 Å². The molecule has 0 saturated heterocycles. The van der Waals surface area contributed by atoms with Crippen molar-refractivity contribution < 1.29 is 0 Å². The van der Waals surface area contributed by atoms with Gasteiger partial charge in [0, 0.05) is 32.7 Å². The third-order valence-corrected chi connectivity index (χ3v) is 7.68. The Morgan fingerprint density at radius 3 is 2.76 bits per heavy atom. The van der Waals surface area contributed by atoms with Crippen molar-refractivity contribution in [3.05, 3.63) is 63.3 Å². The van der Waals surface area contributed by atoms with E-state index < -0.39 is 0 Å². The highest BCUT2D eigenvalue weighted by atomic mass is 32.1. The first-order valence-corrected chi connectivity index (χ1v) is 10.7. The zero-order valence-electron chi connectivity index (χ0n) is 13.8. The minimum atomic E-state index is 1.02. The van der Waals surface area contributed by atoms with Crippen LogP contribution in [0.15, 0.2) is 41.8 Å². The summed E-state index contributed by atoms with van der Waals surface area (Å²) in [5.74, 6) is 0. The predicted octanol–water partition coefficient (Wildman–Crippen LogP) is 6.47. The van der Waals surface area contributed by atoms with Gasteiger partial charge in [-0.1, -0.05) is 30.3 Å². The van der Waals surface area contributed by atoms with Crippen LogP contribution in [0.1, 0.15) is 34.4 Å². The molecule has 0 atom stereocenters. The third kappa shape index (κ3) is 1.97. The van der Waals surface area contributed by atoms with Crippen LogP contribution in [-0.4, -0.2) is 4.98 Å². The van der Waals surface area contributed by atoms with Gasteiger partial charge in [0.05, 0.1) is 5.69 Å². The van der Waals surface area contributed by atoms with E-state index >= 15 is 0 Å². The fraction of sp³-hybridized carbons (Fsp3) is 0.227. The summed E-state index contributed by atoms with van der Waals surface area (Å²) in [6.07, 6.45) is 6.13. The number of aryl methyl sites for hydroxylation is 2. The minimum absolute atomic E-state index is 1.02. The van der Waals surface area contributed by atoms with Crippen molar-refractivity contribution in [1.82, 2.24) is 4.98 Å². The van der Waals surface area contributed by atoms with Crippen molar-refractivity contribution >= 4 is 32.9 Å². The van der Waals surface area contributed by atoms with E-state index in [0.717, 1.165) is 6.42 Å². The molecule has 0 fully saturated rings. The lowest BCUT2D eigenvalue weighted by molar-refractivity contribution is 0.700. The molecule has 3 heterocycles. The Balaban J connectivity index is 1.76. The third-order valence-electron chi connectivity index (χ3n) is 5.61. The molecule has 25 heavy (non-hydrogen) atoms. The van der Waals surface area contributed by atoms with Gasteiger partial charge in [-0.3, -0.25) is 0 Å². The Morgan fingerprint density at radius 2 is 1.84 bits per heavy atom. The first-order chi connectivity index (χ1) is 12.4. The summed E-state index contributed by atoms with van der Waals surface area (Å²) in [5.41, 5.74) is 8.51. The SMILES string of the molecule is c1csc(-c2c3c(nc4sc5c(c24)CCCC5)-c2ccccc2C3)c1. The molecule has 1 aromatic carbocycles. The second-order valence-electron chi connectivity index (χ2n) is 7.02. The molecule has 6 rings (SSSR count). The Hall–Kier alpha value is -1.97. The van der Waals surface area contributed by atoms with E-state index in [1.54, 1.807) is 10.4 Å². The van der Waals surface area contributed by atoms with Crippen LogP contribution in [0.4, 0.5) is 0 Å². The molecule has 2 aliphatic carbocycles. The minimum Gasteiger partial charge on any atom is -0.237 e. The zero-order chi connectivity index (χ0) is 16.4. The molecule has 0 radical (unpaired) electrons. The van der Waals surface area contributed by atoms with Gasteiger partial charge in [0.2, 0.25) is 0 Å². The maximum Gasteiger partial charge on any atom is 0.125 e. The molecule has 0 unspecified atom stereocenters. The maximum absolute atomic E-state index is 5.20. The van der Waals surface area contributed by atoms with Crippen molar-refractivity contribution in [3.8, 4) is 21.7 Å². The number of fused-ring (bicyclic) bond motifs is 6. The van der Waals surface area contributed by atoms with Gasteiger partial charge in [-0.2, -0.15) is 0 Å². The van der Waals surface area contributed by atoms with E-state index in [1.165, 1.54) is 68.7 Å². The van der Waals surface area contributed by atoms with E-state index in [1.807, 2.05) is 22.7 Å². The van der Waals surface area contributed by atoms with Crippen LogP contribution in [0.5, 0.6) is 0 Å². The van der Waals surface area contributed by atoms with Crippen LogP contribution in [0.25, 0.3) is 31.9 Å². The van der Waals surface area contributed by atoms with E-state index in [2.05, 4.69) is 41.8 Å². The van der Waals surface area contributed by atoms with Gasteiger partial charge in [0.25, 0.3) is 0 Å². The van der Waals surface area contributed by atoms with Crippen molar-refractivity contribution in [2.45, 2.75) is 32.1 Å². The molecule has 1 nitrogen and oxygen atoms in total. The zero-order valence-corrected chi connectivity index (χ0v) is 15.5. The molecule has 3 heteroatoms. The highest BCUT2D eigenvalue weighted by Crippen LogP contribution is 2.49. The summed E-state index contributed by atoms with van der Waals surface area (Å²) in [6.45, 7) is 0. The Labute approximate surface area is 155 Å². The first-order valence-electron chi connectivity index (χ1n) is 8.99. The average Bonchev–Trinajstić information content (AvgIpc) is 3.36.